The van der Waals surface area contributed by atoms with Crippen molar-refractivity contribution in [3.8, 4) is 11.5 Å². The second-order valence-electron chi connectivity index (χ2n) is 5.97. The van der Waals surface area contributed by atoms with Gasteiger partial charge in [-0.1, -0.05) is 6.07 Å². The van der Waals surface area contributed by atoms with Crippen molar-refractivity contribution < 1.29 is 18.6 Å². The van der Waals surface area contributed by atoms with Crippen LogP contribution in [0.25, 0.3) is 0 Å². The molecule has 2 N–H and O–H groups in total. The van der Waals surface area contributed by atoms with Gasteiger partial charge in [0.15, 0.2) is 5.96 Å². The van der Waals surface area contributed by atoms with E-state index in [1.807, 2.05) is 43.3 Å². The molecule has 156 valence electrons. The van der Waals surface area contributed by atoms with Crippen LogP contribution in [0.15, 0.2) is 52.1 Å². The Kier molecular flexibility index (Phi) is 12.1. The van der Waals surface area contributed by atoms with Gasteiger partial charge >= 0.3 is 0 Å². The molecule has 1 atom stereocenters. The first-order valence-electron chi connectivity index (χ1n) is 9.05. The van der Waals surface area contributed by atoms with Crippen LogP contribution in [0.1, 0.15) is 12.7 Å². The number of aliphatic imine (C=N–C) groups is 1. The molecular weight excluding hydrogens is 473 g/mol. The molecule has 0 saturated heterocycles. The second-order valence-corrected chi connectivity index (χ2v) is 5.97. The van der Waals surface area contributed by atoms with Crippen LogP contribution < -0.4 is 20.1 Å². The fourth-order valence-corrected chi connectivity index (χ4v) is 2.37. The van der Waals surface area contributed by atoms with E-state index in [9.17, 15) is 0 Å². The Morgan fingerprint density at radius 2 is 1.89 bits per heavy atom. The lowest BCUT2D eigenvalue weighted by atomic mass is 10.3. The fourth-order valence-electron chi connectivity index (χ4n) is 2.37. The van der Waals surface area contributed by atoms with E-state index in [-0.39, 0.29) is 30.1 Å². The lowest BCUT2D eigenvalue weighted by molar-refractivity contribution is 0.203. The molecule has 0 aliphatic rings. The highest BCUT2D eigenvalue weighted by Gasteiger charge is 2.06. The Labute approximate surface area is 183 Å². The zero-order valence-electron chi connectivity index (χ0n) is 16.6. The second kappa shape index (κ2) is 14.1. The highest BCUT2D eigenvalue weighted by molar-refractivity contribution is 14.0. The first-order valence-corrected chi connectivity index (χ1v) is 9.05. The molecule has 8 heteroatoms. The number of hydrogen-bond acceptors (Lipinski definition) is 5. The number of nitrogens with zero attached hydrogens (tertiary/aromatic N) is 1. The van der Waals surface area contributed by atoms with Gasteiger partial charge in [-0.3, -0.25) is 0 Å². The SMILES string of the molecule is COCCNC(=NCC(C)Oc1cccc(OC)c1)NCCc1ccco1.I. The molecular formula is C20H30IN3O4. The van der Waals surface area contributed by atoms with Gasteiger partial charge < -0.3 is 29.3 Å². The number of methoxy groups -OCH3 is 2. The summed E-state index contributed by atoms with van der Waals surface area (Å²) < 4.78 is 21.6. The predicted octanol–water partition coefficient (Wildman–Crippen LogP) is 3.10. The molecule has 0 saturated carbocycles. The van der Waals surface area contributed by atoms with Crippen molar-refractivity contribution in [1.82, 2.24) is 10.6 Å². The van der Waals surface area contributed by atoms with Crippen molar-refractivity contribution >= 4 is 29.9 Å². The van der Waals surface area contributed by atoms with Crippen LogP contribution in [-0.4, -0.2) is 52.5 Å². The predicted molar refractivity (Wildman–Crippen MR) is 121 cm³/mol. The van der Waals surface area contributed by atoms with Crippen molar-refractivity contribution in [3.63, 3.8) is 0 Å². The van der Waals surface area contributed by atoms with E-state index in [4.69, 9.17) is 18.6 Å². The van der Waals surface area contributed by atoms with Crippen molar-refractivity contribution in [2.75, 3.05) is 40.5 Å². The van der Waals surface area contributed by atoms with Gasteiger partial charge in [-0.25, -0.2) is 4.99 Å². The van der Waals surface area contributed by atoms with Crippen LogP contribution in [0.2, 0.25) is 0 Å². The summed E-state index contributed by atoms with van der Waals surface area (Å²) in [4.78, 5) is 4.61. The zero-order chi connectivity index (χ0) is 19.3. The first-order chi connectivity index (χ1) is 13.2. The Morgan fingerprint density at radius 3 is 2.61 bits per heavy atom. The molecule has 0 radical (unpaired) electrons. The number of benzene rings is 1. The van der Waals surface area contributed by atoms with Crippen LogP contribution in [0.5, 0.6) is 11.5 Å². The molecule has 1 aromatic heterocycles. The third kappa shape index (κ3) is 9.32. The van der Waals surface area contributed by atoms with Crippen LogP contribution in [0.3, 0.4) is 0 Å². The Morgan fingerprint density at radius 1 is 1.11 bits per heavy atom. The third-order valence-electron chi connectivity index (χ3n) is 3.73. The lowest BCUT2D eigenvalue weighted by Gasteiger charge is -2.16. The topological polar surface area (TPSA) is 77.2 Å². The summed E-state index contributed by atoms with van der Waals surface area (Å²) in [6, 6.07) is 11.4. The van der Waals surface area contributed by atoms with Crippen LogP contribution in [-0.2, 0) is 11.2 Å². The standard InChI is InChI=1S/C20H29N3O4.HI/c1-16(27-19-7-4-6-18(14-19)25-3)15-23-20(22-11-13-24-2)21-10-9-17-8-5-12-26-17;/h4-8,12,14,16H,9-11,13,15H2,1-3H3,(H2,21,22,23);1H. The van der Waals surface area contributed by atoms with Gasteiger partial charge in [0.25, 0.3) is 0 Å². The molecule has 0 bridgehead atoms. The summed E-state index contributed by atoms with van der Waals surface area (Å²) in [5, 5.41) is 6.55. The van der Waals surface area contributed by atoms with Crippen molar-refractivity contribution in [2.24, 2.45) is 4.99 Å². The van der Waals surface area contributed by atoms with Gasteiger partial charge in [0.2, 0.25) is 0 Å². The number of nitrogens with one attached hydrogen (secondary N) is 2. The van der Waals surface area contributed by atoms with Gasteiger partial charge in [0, 0.05) is 32.7 Å². The van der Waals surface area contributed by atoms with Crippen LogP contribution >= 0.6 is 24.0 Å². The van der Waals surface area contributed by atoms with Crippen molar-refractivity contribution in [1.29, 1.82) is 0 Å². The molecule has 0 spiro atoms. The van der Waals surface area contributed by atoms with Gasteiger partial charge in [-0.05, 0) is 31.2 Å². The largest absolute Gasteiger partial charge is 0.497 e. The summed E-state index contributed by atoms with van der Waals surface area (Å²) in [7, 11) is 3.31. The maximum Gasteiger partial charge on any atom is 0.191 e. The number of rotatable bonds is 11. The Hall–Kier alpha value is -1.94. The van der Waals surface area contributed by atoms with Crippen molar-refractivity contribution in [2.45, 2.75) is 19.4 Å². The maximum atomic E-state index is 5.91. The normalized spacial score (nSPS) is 12.0. The average molecular weight is 503 g/mol. The smallest absolute Gasteiger partial charge is 0.191 e. The highest BCUT2D eigenvalue weighted by atomic mass is 127. The summed E-state index contributed by atoms with van der Waals surface area (Å²) in [5.41, 5.74) is 0. The quantitative estimate of drug-likeness (QED) is 0.213. The number of hydrogen-bond donors (Lipinski definition) is 2. The van der Waals surface area contributed by atoms with Gasteiger partial charge in [0.1, 0.15) is 23.4 Å². The molecule has 7 nitrogen and oxygen atoms in total. The summed E-state index contributed by atoms with van der Waals surface area (Å²) in [6.07, 6.45) is 2.38. The minimum atomic E-state index is -0.0804. The highest BCUT2D eigenvalue weighted by Crippen LogP contribution is 2.19. The minimum absolute atomic E-state index is 0. The molecule has 0 aliphatic carbocycles. The van der Waals surface area contributed by atoms with Gasteiger partial charge in [0.05, 0.1) is 26.5 Å². The summed E-state index contributed by atoms with van der Waals surface area (Å²) in [5.74, 6) is 3.19. The van der Waals surface area contributed by atoms with E-state index >= 15 is 0 Å². The van der Waals surface area contributed by atoms with E-state index in [1.54, 1.807) is 20.5 Å². The molecule has 2 rings (SSSR count). The molecule has 2 aromatic rings. The molecule has 0 amide bonds. The maximum absolute atomic E-state index is 5.91. The summed E-state index contributed by atoms with van der Waals surface area (Å²) in [6.45, 7) is 4.50. The monoisotopic (exact) mass is 503 g/mol. The van der Waals surface area contributed by atoms with E-state index < -0.39 is 0 Å². The molecule has 1 aromatic carbocycles. The lowest BCUT2D eigenvalue weighted by Crippen LogP contribution is -2.40. The summed E-state index contributed by atoms with van der Waals surface area (Å²) >= 11 is 0. The van der Waals surface area contributed by atoms with E-state index in [0.29, 0.717) is 19.7 Å². The fraction of sp³-hybridized carbons (Fsp3) is 0.450. The van der Waals surface area contributed by atoms with Crippen LogP contribution in [0, 0.1) is 0 Å². The van der Waals surface area contributed by atoms with E-state index in [0.717, 1.165) is 36.2 Å². The molecule has 1 unspecified atom stereocenters. The average Bonchev–Trinajstić information content (AvgIpc) is 3.19. The van der Waals surface area contributed by atoms with E-state index in [2.05, 4.69) is 15.6 Å². The number of ether oxygens (including phenoxy) is 3. The molecule has 1 heterocycles. The van der Waals surface area contributed by atoms with Crippen LogP contribution in [0.4, 0.5) is 0 Å². The van der Waals surface area contributed by atoms with Gasteiger partial charge in [-0.15, -0.1) is 24.0 Å². The minimum Gasteiger partial charge on any atom is -0.497 e. The molecule has 0 aliphatic heterocycles. The Bertz CT molecular complexity index is 680. The number of halogens is 1. The number of furan rings is 1. The number of guanidine groups is 1. The van der Waals surface area contributed by atoms with E-state index in [1.165, 1.54) is 0 Å². The third-order valence-corrected chi connectivity index (χ3v) is 3.73. The van der Waals surface area contributed by atoms with Gasteiger partial charge in [-0.2, -0.15) is 0 Å². The molecule has 28 heavy (non-hydrogen) atoms. The van der Waals surface area contributed by atoms with Crippen molar-refractivity contribution in [3.05, 3.63) is 48.4 Å². The Balaban J connectivity index is 0.00000392. The first kappa shape index (κ1) is 24.1. The molecule has 0 fully saturated rings. The zero-order valence-corrected chi connectivity index (χ0v) is 19.0.